The van der Waals surface area contributed by atoms with E-state index in [-0.39, 0.29) is 23.7 Å². The van der Waals surface area contributed by atoms with Crippen molar-refractivity contribution < 1.29 is 19.4 Å². The van der Waals surface area contributed by atoms with E-state index >= 15 is 0 Å². The number of rotatable bonds is 4. The van der Waals surface area contributed by atoms with E-state index in [1.54, 1.807) is 13.8 Å². The van der Waals surface area contributed by atoms with Crippen molar-refractivity contribution in [2.45, 2.75) is 13.8 Å². The number of aryl methyl sites for hydroxylation is 1. The van der Waals surface area contributed by atoms with Crippen molar-refractivity contribution in [1.82, 2.24) is 19.7 Å². The van der Waals surface area contributed by atoms with Crippen LogP contribution in [0.2, 0.25) is 0 Å². The Kier molecular flexibility index (Phi) is 3.74. The Hall–Kier alpha value is -2.77. The highest BCUT2D eigenvalue weighted by Crippen LogP contribution is 2.09. The van der Waals surface area contributed by atoms with Crippen LogP contribution in [-0.4, -0.2) is 43.4 Å². The van der Waals surface area contributed by atoms with Crippen molar-refractivity contribution >= 4 is 11.9 Å². The number of carboxylic acid groups (broad SMARTS) is 1. The third-order valence-electron chi connectivity index (χ3n) is 2.50. The van der Waals surface area contributed by atoms with Gasteiger partial charge in [-0.25, -0.2) is 24.2 Å². The van der Waals surface area contributed by atoms with Crippen LogP contribution in [0.25, 0.3) is 5.95 Å². The van der Waals surface area contributed by atoms with Crippen molar-refractivity contribution in [2.24, 2.45) is 0 Å². The fourth-order valence-electron chi connectivity index (χ4n) is 1.52. The van der Waals surface area contributed by atoms with Gasteiger partial charge in [0.1, 0.15) is 0 Å². The molecule has 0 bridgehead atoms. The van der Waals surface area contributed by atoms with Crippen molar-refractivity contribution in [2.75, 3.05) is 6.61 Å². The first kappa shape index (κ1) is 13.7. The van der Waals surface area contributed by atoms with Crippen LogP contribution in [0.5, 0.6) is 0 Å². The third-order valence-corrected chi connectivity index (χ3v) is 2.50. The van der Waals surface area contributed by atoms with Gasteiger partial charge >= 0.3 is 11.9 Å². The summed E-state index contributed by atoms with van der Waals surface area (Å²) >= 11 is 0. The normalized spacial score (nSPS) is 10.3. The maximum absolute atomic E-state index is 11.6. The van der Waals surface area contributed by atoms with Gasteiger partial charge in [-0.15, -0.1) is 0 Å². The van der Waals surface area contributed by atoms with E-state index in [0.29, 0.717) is 5.69 Å². The standard InChI is InChI=1S/C12H12N4O4/c1-3-20-11(19)9-5-13-12(15-7(9)2)16-6-8(4-14-16)10(17)18/h4-6H,3H2,1-2H3,(H,17,18). The van der Waals surface area contributed by atoms with Crippen molar-refractivity contribution in [3.05, 3.63) is 35.4 Å². The molecule has 2 aromatic heterocycles. The fourth-order valence-corrected chi connectivity index (χ4v) is 1.52. The van der Waals surface area contributed by atoms with Crippen LogP contribution in [0, 0.1) is 6.92 Å². The Morgan fingerprint density at radius 3 is 2.70 bits per heavy atom. The summed E-state index contributed by atoms with van der Waals surface area (Å²) in [5.41, 5.74) is 0.725. The van der Waals surface area contributed by atoms with Crippen LogP contribution in [-0.2, 0) is 4.74 Å². The molecule has 104 valence electrons. The summed E-state index contributed by atoms with van der Waals surface area (Å²) in [6, 6.07) is 0. The summed E-state index contributed by atoms with van der Waals surface area (Å²) in [5, 5.41) is 12.7. The molecule has 8 heteroatoms. The first-order valence-electron chi connectivity index (χ1n) is 5.82. The number of aromatic carboxylic acids is 1. The molecule has 0 saturated carbocycles. The zero-order chi connectivity index (χ0) is 14.7. The van der Waals surface area contributed by atoms with Crippen LogP contribution in [0.1, 0.15) is 33.3 Å². The molecule has 0 amide bonds. The van der Waals surface area contributed by atoms with E-state index in [1.165, 1.54) is 23.3 Å². The van der Waals surface area contributed by atoms with Gasteiger partial charge in [-0.05, 0) is 13.8 Å². The minimum atomic E-state index is -1.09. The van der Waals surface area contributed by atoms with Crippen molar-refractivity contribution in [1.29, 1.82) is 0 Å². The second-order valence-corrected chi connectivity index (χ2v) is 3.87. The van der Waals surface area contributed by atoms with Gasteiger partial charge in [0.15, 0.2) is 0 Å². The Bertz CT molecular complexity index is 665. The topological polar surface area (TPSA) is 107 Å². The highest BCUT2D eigenvalue weighted by atomic mass is 16.5. The lowest BCUT2D eigenvalue weighted by Gasteiger charge is -2.06. The van der Waals surface area contributed by atoms with E-state index in [1.807, 2.05) is 0 Å². The molecule has 0 unspecified atom stereocenters. The average Bonchev–Trinajstić information content (AvgIpc) is 2.88. The zero-order valence-corrected chi connectivity index (χ0v) is 10.9. The van der Waals surface area contributed by atoms with Gasteiger partial charge in [0.25, 0.3) is 5.95 Å². The molecule has 2 heterocycles. The van der Waals surface area contributed by atoms with Crippen molar-refractivity contribution in [3.8, 4) is 5.95 Å². The van der Waals surface area contributed by atoms with Gasteiger partial charge in [0.2, 0.25) is 0 Å². The first-order valence-corrected chi connectivity index (χ1v) is 5.82. The van der Waals surface area contributed by atoms with Gasteiger partial charge in [-0.3, -0.25) is 0 Å². The Morgan fingerprint density at radius 2 is 2.15 bits per heavy atom. The molecule has 2 aromatic rings. The molecule has 8 nitrogen and oxygen atoms in total. The number of hydrogen-bond donors (Lipinski definition) is 1. The quantitative estimate of drug-likeness (QED) is 0.824. The lowest BCUT2D eigenvalue weighted by Crippen LogP contribution is -2.11. The highest BCUT2D eigenvalue weighted by molar-refractivity contribution is 5.90. The van der Waals surface area contributed by atoms with E-state index in [2.05, 4.69) is 15.1 Å². The summed E-state index contributed by atoms with van der Waals surface area (Å²) in [4.78, 5) is 30.5. The first-order chi connectivity index (χ1) is 9.52. The minimum Gasteiger partial charge on any atom is -0.478 e. The maximum atomic E-state index is 11.6. The van der Waals surface area contributed by atoms with Gasteiger partial charge in [0, 0.05) is 12.4 Å². The van der Waals surface area contributed by atoms with Crippen LogP contribution in [0.3, 0.4) is 0 Å². The Morgan fingerprint density at radius 1 is 1.40 bits per heavy atom. The third kappa shape index (κ3) is 2.63. The largest absolute Gasteiger partial charge is 0.478 e. The molecule has 0 fully saturated rings. The summed E-state index contributed by atoms with van der Waals surface area (Å²) in [6.07, 6.45) is 3.82. The summed E-state index contributed by atoms with van der Waals surface area (Å²) in [6.45, 7) is 3.61. The molecule has 0 aromatic carbocycles. The molecule has 0 aliphatic rings. The molecule has 0 saturated heterocycles. The van der Waals surface area contributed by atoms with Gasteiger partial charge in [-0.2, -0.15) is 5.10 Å². The van der Waals surface area contributed by atoms with E-state index in [4.69, 9.17) is 9.84 Å². The lowest BCUT2D eigenvalue weighted by molar-refractivity contribution is 0.0524. The molecule has 0 radical (unpaired) electrons. The Labute approximate surface area is 114 Å². The zero-order valence-electron chi connectivity index (χ0n) is 10.9. The van der Waals surface area contributed by atoms with Crippen LogP contribution >= 0.6 is 0 Å². The second kappa shape index (κ2) is 5.47. The van der Waals surface area contributed by atoms with Crippen molar-refractivity contribution in [3.63, 3.8) is 0 Å². The van der Waals surface area contributed by atoms with Crippen LogP contribution in [0.15, 0.2) is 18.6 Å². The predicted molar refractivity (Wildman–Crippen MR) is 66.8 cm³/mol. The Balaban J connectivity index is 2.32. The number of ether oxygens (including phenoxy) is 1. The van der Waals surface area contributed by atoms with E-state index in [0.717, 1.165) is 0 Å². The maximum Gasteiger partial charge on any atom is 0.341 e. The summed E-state index contributed by atoms with van der Waals surface area (Å²) < 4.78 is 6.10. The smallest absolute Gasteiger partial charge is 0.341 e. The molecule has 1 N–H and O–H groups in total. The van der Waals surface area contributed by atoms with Crippen LogP contribution in [0.4, 0.5) is 0 Å². The molecule has 0 aliphatic carbocycles. The molecule has 2 rings (SSSR count). The molecule has 20 heavy (non-hydrogen) atoms. The van der Waals surface area contributed by atoms with Crippen LogP contribution < -0.4 is 0 Å². The second-order valence-electron chi connectivity index (χ2n) is 3.87. The summed E-state index contributed by atoms with van der Waals surface area (Å²) in [7, 11) is 0. The predicted octanol–water partition coefficient (Wildman–Crippen LogP) is 0.846. The van der Waals surface area contributed by atoms with Gasteiger partial charge in [-0.1, -0.05) is 0 Å². The van der Waals surface area contributed by atoms with E-state index < -0.39 is 11.9 Å². The molecular formula is C12H12N4O4. The fraction of sp³-hybridized carbons (Fsp3) is 0.250. The molecule has 0 spiro atoms. The average molecular weight is 276 g/mol. The number of hydrogen-bond acceptors (Lipinski definition) is 6. The number of nitrogens with zero attached hydrogens (tertiary/aromatic N) is 4. The monoisotopic (exact) mass is 276 g/mol. The lowest BCUT2D eigenvalue weighted by atomic mass is 10.2. The molecule has 0 atom stereocenters. The number of carbonyl (C=O) groups is 2. The number of carboxylic acids is 1. The van der Waals surface area contributed by atoms with E-state index in [9.17, 15) is 9.59 Å². The van der Waals surface area contributed by atoms with Gasteiger partial charge in [0.05, 0.1) is 29.6 Å². The SMILES string of the molecule is CCOC(=O)c1cnc(-n2cc(C(=O)O)cn2)nc1C. The minimum absolute atomic E-state index is 0.0284. The number of esters is 1. The highest BCUT2D eigenvalue weighted by Gasteiger charge is 2.14. The molecular weight excluding hydrogens is 264 g/mol. The van der Waals surface area contributed by atoms with Gasteiger partial charge < -0.3 is 9.84 Å². The molecule has 0 aliphatic heterocycles. The summed E-state index contributed by atoms with van der Waals surface area (Å²) in [5.74, 6) is -1.40. The number of carbonyl (C=O) groups excluding carboxylic acids is 1. The number of aromatic nitrogens is 4.